The standard InChI is InChI=1S/C26H26N4O4/c1-34-12-6-11-30-23(31)21-20(13-15-14-27-18-9-4-2-7-16(15)18)29-26(22(21)24(30)32)17-8-3-5-10-19(17)28-25(26)33/h2-5,7-10,14,20-22,27,29H,6,11-13H2,1H3,(H,28,33)/t20-,21+,22-,26-/m0/s1. The molecule has 1 spiro atoms. The fourth-order valence-electron chi connectivity index (χ4n) is 6.12. The van der Waals surface area contributed by atoms with Gasteiger partial charge in [-0.2, -0.15) is 0 Å². The highest BCUT2D eigenvalue weighted by molar-refractivity contribution is 6.15. The number of H-pyrrole nitrogens is 1. The van der Waals surface area contributed by atoms with E-state index >= 15 is 0 Å². The van der Waals surface area contributed by atoms with Gasteiger partial charge in [0.05, 0.1) is 11.8 Å². The Morgan fingerprint density at radius 1 is 1.03 bits per heavy atom. The predicted molar refractivity (Wildman–Crippen MR) is 126 cm³/mol. The van der Waals surface area contributed by atoms with Gasteiger partial charge < -0.3 is 15.0 Å². The van der Waals surface area contributed by atoms with Crippen LogP contribution in [-0.4, -0.2) is 53.9 Å². The van der Waals surface area contributed by atoms with Gasteiger partial charge >= 0.3 is 0 Å². The molecule has 3 amide bonds. The Morgan fingerprint density at radius 3 is 2.68 bits per heavy atom. The quantitative estimate of drug-likeness (QED) is 0.388. The molecule has 34 heavy (non-hydrogen) atoms. The summed E-state index contributed by atoms with van der Waals surface area (Å²) < 4.78 is 5.13. The third-order valence-electron chi connectivity index (χ3n) is 7.56. The molecular formula is C26H26N4O4. The third kappa shape index (κ3) is 2.82. The summed E-state index contributed by atoms with van der Waals surface area (Å²) in [5.74, 6) is -2.18. The van der Waals surface area contributed by atoms with Gasteiger partial charge in [0.2, 0.25) is 17.7 Å². The first kappa shape index (κ1) is 21.1. The minimum absolute atomic E-state index is 0.211. The van der Waals surface area contributed by atoms with Crippen molar-refractivity contribution in [3.05, 3.63) is 65.9 Å². The van der Waals surface area contributed by atoms with Gasteiger partial charge in [0, 0.05) is 54.7 Å². The number of carbonyl (C=O) groups is 3. The molecule has 6 rings (SSSR count). The minimum Gasteiger partial charge on any atom is -0.385 e. The van der Waals surface area contributed by atoms with Crippen molar-refractivity contribution >= 4 is 34.3 Å². The summed E-state index contributed by atoms with van der Waals surface area (Å²) in [6.45, 7) is 0.746. The minimum atomic E-state index is -1.26. The molecule has 3 aromatic rings. The highest BCUT2D eigenvalue weighted by atomic mass is 16.5. The van der Waals surface area contributed by atoms with Gasteiger partial charge in [0.25, 0.3) is 0 Å². The monoisotopic (exact) mass is 458 g/mol. The van der Waals surface area contributed by atoms with E-state index in [1.807, 2.05) is 54.7 Å². The van der Waals surface area contributed by atoms with E-state index in [0.29, 0.717) is 25.1 Å². The van der Waals surface area contributed by atoms with Crippen molar-refractivity contribution < 1.29 is 19.1 Å². The molecule has 3 aliphatic heterocycles. The number of nitrogens with one attached hydrogen (secondary N) is 3. The molecule has 0 aliphatic carbocycles. The normalized spacial score (nSPS) is 27.6. The molecule has 1 aromatic heterocycles. The van der Waals surface area contributed by atoms with E-state index in [-0.39, 0.29) is 30.3 Å². The summed E-state index contributed by atoms with van der Waals surface area (Å²) in [4.78, 5) is 45.5. The highest BCUT2D eigenvalue weighted by Crippen LogP contribution is 2.53. The Balaban J connectivity index is 1.43. The van der Waals surface area contributed by atoms with Crippen LogP contribution in [-0.2, 0) is 31.1 Å². The smallest absolute Gasteiger partial charge is 0.250 e. The van der Waals surface area contributed by atoms with Crippen LogP contribution in [0.3, 0.4) is 0 Å². The molecule has 2 aromatic carbocycles. The molecule has 174 valence electrons. The zero-order valence-corrected chi connectivity index (χ0v) is 18.8. The lowest BCUT2D eigenvalue weighted by Gasteiger charge is -2.29. The zero-order chi connectivity index (χ0) is 23.4. The summed E-state index contributed by atoms with van der Waals surface area (Å²) in [5.41, 5.74) is 2.22. The second-order valence-corrected chi connectivity index (χ2v) is 9.30. The van der Waals surface area contributed by atoms with E-state index in [0.717, 1.165) is 22.0 Å². The number of para-hydroxylation sites is 2. The van der Waals surface area contributed by atoms with E-state index in [9.17, 15) is 14.4 Å². The lowest BCUT2D eigenvalue weighted by Crippen LogP contribution is -2.53. The lowest BCUT2D eigenvalue weighted by atomic mass is 9.76. The largest absolute Gasteiger partial charge is 0.385 e. The zero-order valence-electron chi connectivity index (χ0n) is 18.8. The van der Waals surface area contributed by atoms with Gasteiger partial charge in [0.1, 0.15) is 5.54 Å². The van der Waals surface area contributed by atoms with Crippen LogP contribution >= 0.6 is 0 Å². The molecule has 8 heteroatoms. The Hall–Kier alpha value is -3.49. The van der Waals surface area contributed by atoms with Crippen molar-refractivity contribution in [2.24, 2.45) is 11.8 Å². The summed E-state index contributed by atoms with van der Waals surface area (Å²) >= 11 is 0. The molecule has 0 bridgehead atoms. The Bertz CT molecular complexity index is 1320. The molecule has 2 saturated heterocycles. The average molecular weight is 459 g/mol. The van der Waals surface area contributed by atoms with Crippen molar-refractivity contribution in [2.45, 2.75) is 24.4 Å². The lowest BCUT2D eigenvalue weighted by molar-refractivity contribution is -0.143. The highest BCUT2D eigenvalue weighted by Gasteiger charge is 2.70. The first-order valence-corrected chi connectivity index (χ1v) is 11.6. The predicted octanol–water partition coefficient (Wildman–Crippen LogP) is 2.17. The summed E-state index contributed by atoms with van der Waals surface area (Å²) in [5, 5.41) is 7.53. The molecule has 8 nitrogen and oxygen atoms in total. The van der Waals surface area contributed by atoms with Crippen LogP contribution in [0, 0.1) is 11.8 Å². The van der Waals surface area contributed by atoms with Gasteiger partial charge in [-0.15, -0.1) is 0 Å². The van der Waals surface area contributed by atoms with E-state index in [1.165, 1.54) is 4.90 Å². The molecule has 3 N–H and O–H groups in total. The maximum atomic E-state index is 13.7. The number of hydrogen-bond acceptors (Lipinski definition) is 5. The Kier molecular flexibility index (Phi) is 4.82. The maximum Gasteiger partial charge on any atom is 0.250 e. The first-order valence-electron chi connectivity index (χ1n) is 11.6. The van der Waals surface area contributed by atoms with Gasteiger partial charge in [-0.05, 0) is 30.5 Å². The average Bonchev–Trinajstić information content (AvgIpc) is 3.55. The molecular weight excluding hydrogens is 432 g/mol. The number of ether oxygens (including phenoxy) is 1. The number of aromatic nitrogens is 1. The number of carbonyl (C=O) groups excluding carboxylic acids is 3. The number of hydrogen-bond donors (Lipinski definition) is 3. The van der Waals surface area contributed by atoms with Crippen molar-refractivity contribution in [1.29, 1.82) is 0 Å². The van der Waals surface area contributed by atoms with Crippen LogP contribution in [0.2, 0.25) is 0 Å². The molecule has 0 unspecified atom stereocenters. The van der Waals surface area contributed by atoms with Crippen LogP contribution in [0.25, 0.3) is 10.9 Å². The molecule has 3 aliphatic rings. The fraction of sp³-hybridized carbons (Fsp3) is 0.346. The van der Waals surface area contributed by atoms with Gasteiger partial charge in [-0.25, -0.2) is 0 Å². The molecule has 0 saturated carbocycles. The SMILES string of the molecule is COCCCN1C(=O)[C@@H]2[C@H](Cc3c[nH]c4ccccc34)N[C@]3(C(=O)Nc4ccccc43)[C@@H]2C1=O. The summed E-state index contributed by atoms with van der Waals surface area (Å²) in [7, 11) is 1.60. The van der Waals surface area contributed by atoms with Crippen LogP contribution in [0.15, 0.2) is 54.7 Å². The molecule has 4 atom stereocenters. The number of fused-ring (bicyclic) bond motifs is 5. The van der Waals surface area contributed by atoms with Gasteiger partial charge in [-0.1, -0.05) is 36.4 Å². The number of amides is 3. The van der Waals surface area contributed by atoms with E-state index in [1.54, 1.807) is 7.11 Å². The third-order valence-corrected chi connectivity index (χ3v) is 7.56. The number of benzene rings is 2. The Morgan fingerprint density at radius 2 is 1.82 bits per heavy atom. The van der Waals surface area contributed by atoms with Crippen LogP contribution in [0.5, 0.6) is 0 Å². The fourth-order valence-corrected chi connectivity index (χ4v) is 6.12. The second kappa shape index (κ2) is 7.78. The van der Waals surface area contributed by atoms with Crippen LogP contribution < -0.4 is 10.6 Å². The van der Waals surface area contributed by atoms with Gasteiger partial charge in [-0.3, -0.25) is 24.6 Å². The van der Waals surface area contributed by atoms with Crippen LogP contribution in [0.4, 0.5) is 5.69 Å². The first-order chi connectivity index (χ1) is 16.6. The molecule has 0 radical (unpaired) electrons. The molecule has 2 fully saturated rings. The molecule has 4 heterocycles. The second-order valence-electron chi connectivity index (χ2n) is 9.30. The number of anilines is 1. The van der Waals surface area contributed by atoms with Crippen molar-refractivity contribution in [3.8, 4) is 0 Å². The number of nitrogens with zero attached hydrogens (tertiary/aromatic N) is 1. The Labute approximate surface area is 196 Å². The van der Waals surface area contributed by atoms with E-state index in [4.69, 9.17) is 4.74 Å². The van der Waals surface area contributed by atoms with Crippen LogP contribution in [0.1, 0.15) is 17.5 Å². The topological polar surface area (TPSA) is 104 Å². The number of imide groups is 1. The van der Waals surface area contributed by atoms with Gasteiger partial charge in [0.15, 0.2) is 0 Å². The van der Waals surface area contributed by atoms with Crippen molar-refractivity contribution in [2.75, 3.05) is 25.6 Å². The number of methoxy groups -OCH3 is 1. The number of rotatable bonds is 6. The summed E-state index contributed by atoms with van der Waals surface area (Å²) in [6, 6.07) is 15.1. The van der Waals surface area contributed by atoms with E-state index < -0.39 is 17.4 Å². The summed E-state index contributed by atoms with van der Waals surface area (Å²) in [6.07, 6.45) is 3.03. The maximum absolute atomic E-state index is 13.7. The number of likely N-dealkylation sites (tertiary alicyclic amines) is 1. The van der Waals surface area contributed by atoms with E-state index in [2.05, 4.69) is 15.6 Å². The van der Waals surface area contributed by atoms with Crippen molar-refractivity contribution in [1.82, 2.24) is 15.2 Å². The number of aromatic amines is 1. The van der Waals surface area contributed by atoms with Crippen molar-refractivity contribution in [3.63, 3.8) is 0 Å².